The molecule has 0 fully saturated rings. The molecule has 174 valence electrons. The highest BCUT2D eigenvalue weighted by atomic mass is 32.2. The van der Waals surface area contributed by atoms with Gasteiger partial charge in [-0.2, -0.15) is 10.4 Å². The summed E-state index contributed by atoms with van der Waals surface area (Å²) in [6, 6.07) is 17.4. The Hall–Kier alpha value is -4.49. The summed E-state index contributed by atoms with van der Waals surface area (Å²) in [5.74, 6) is 0. The predicted octanol–water partition coefficient (Wildman–Crippen LogP) is 4.43. The normalized spacial score (nSPS) is 12.3. The number of anilines is 1. The Morgan fingerprint density at radius 1 is 1.14 bits per heavy atom. The van der Waals surface area contributed by atoms with Gasteiger partial charge < -0.3 is 4.98 Å². The van der Waals surface area contributed by atoms with Crippen LogP contribution in [0.2, 0.25) is 0 Å². The van der Waals surface area contributed by atoms with Crippen LogP contribution >= 0.6 is 0 Å². The molecule has 2 aromatic carbocycles. The predicted molar refractivity (Wildman–Crippen MR) is 132 cm³/mol. The monoisotopic (exact) mass is 483 g/mol. The van der Waals surface area contributed by atoms with Gasteiger partial charge in [-0.15, -0.1) is 0 Å². The number of aromatic nitrogens is 5. The lowest BCUT2D eigenvalue weighted by Gasteiger charge is -2.17. The van der Waals surface area contributed by atoms with Gasteiger partial charge in [0.2, 0.25) is 0 Å². The van der Waals surface area contributed by atoms with Crippen molar-refractivity contribution in [3.05, 3.63) is 90.6 Å². The van der Waals surface area contributed by atoms with E-state index in [0.717, 1.165) is 27.9 Å². The molecule has 0 saturated heterocycles. The molecular formula is C25H21N7O2S. The molecule has 5 rings (SSSR count). The van der Waals surface area contributed by atoms with Crippen LogP contribution in [0.3, 0.4) is 0 Å². The van der Waals surface area contributed by atoms with Crippen LogP contribution in [-0.2, 0) is 10.0 Å². The molecule has 0 saturated carbocycles. The molecule has 3 heterocycles. The number of hydrogen-bond acceptors (Lipinski definition) is 6. The fourth-order valence-corrected chi connectivity index (χ4v) is 5.15. The molecule has 1 unspecified atom stereocenters. The van der Waals surface area contributed by atoms with E-state index in [4.69, 9.17) is 0 Å². The van der Waals surface area contributed by atoms with E-state index in [9.17, 15) is 13.7 Å². The third kappa shape index (κ3) is 4.37. The highest BCUT2D eigenvalue weighted by Crippen LogP contribution is 2.29. The SMILES string of the molecule is Cc1ccccc1NS(=O)(=O)c1cccc(C(CC#N)n2cc(-c3ncnc4[nH]ccc34)cn2)c1. The largest absolute Gasteiger partial charge is 0.346 e. The fourth-order valence-electron chi connectivity index (χ4n) is 3.96. The number of nitrogens with one attached hydrogen (secondary N) is 2. The van der Waals surface area contributed by atoms with Crippen LogP contribution in [0.25, 0.3) is 22.3 Å². The number of aryl methyl sites for hydroxylation is 1. The second kappa shape index (κ2) is 9.04. The molecule has 10 heteroatoms. The molecule has 0 aliphatic rings. The lowest BCUT2D eigenvalue weighted by atomic mass is 10.0. The van der Waals surface area contributed by atoms with Crippen molar-refractivity contribution >= 4 is 26.7 Å². The van der Waals surface area contributed by atoms with E-state index in [1.54, 1.807) is 47.4 Å². The number of hydrogen-bond donors (Lipinski definition) is 2. The van der Waals surface area contributed by atoms with Gasteiger partial charge >= 0.3 is 0 Å². The van der Waals surface area contributed by atoms with Crippen LogP contribution < -0.4 is 4.72 Å². The summed E-state index contributed by atoms with van der Waals surface area (Å²) < 4.78 is 30.5. The third-order valence-corrected chi connectivity index (χ3v) is 7.14. The minimum atomic E-state index is -3.83. The van der Waals surface area contributed by atoms with Gasteiger partial charge in [-0.1, -0.05) is 30.3 Å². The van der Waals surface area contributed by atoms with E-state index in [1.165, 1.54) is 12.4 Å². The quantitative estimate of drug-likeness (QED) is 0.352. The van der Waals surface area contributed by atoms with Gasteiger partial charge in [-0.3, -0.25) is 9.40 Å². The summed E-state index contributed by atoms with van der Waals surface area (Å²) in [5.41, 5.74) is 4.20. The molecule has 0 aliphatic heterocycles. The van der Waals surface area contributed by atoms with E-state index < -0.39 is 16.1 Å². The van der Waals surface area contributed by atoms with Crippen molar-refractivity contribution in [2.75, 3.05) is 4.72 Å². The highest BCUT2D eigenvalue weighted by Gasteiger charge is 2.21. The summed E-state index contributed by atoms with van der Waals surface area (Å²) in [6.45, 7) is 1.84. The van der Waals surface area contributed by atoms with Crippen LogP contribution in [0, 0.1) is 18.3 Å². The summed E-state index contributed by atoms with van der Waals surface area (Å²) in [5, 5.41) is 14.8. The standard InChI is InChI=1S/C25H21N7O2S/c1-17-5-2-3-8-22(17)31-35(33,34)20-7-4-6-18(13-20)23(9-11-26)32-15-19(14-30-32)24-21-10-12-27-25(21)29-16-28-24/h2-8,10,12-16,23,31H,9H2,1H3,(H,27,28,29). The second-order valence-corrected chi connectivity index (χ2v) is 9.72. The van der Waals surface area contributed by atoms with Gasteiger partial charge in [-0.25, -0.2) is 18.4 Å². The average Bonchev–Trinajstić information content (AvgIpc) is 3.54. The maximum atomic E-state index is 13.1. The fraction of sp³-hybridized carbons (Fsp3) is 0.120. The first-order valence-corrected chi connectivity index (χ1v) is 12.3. The highest BCUT2D eigenvalue weighted by molar-refractivity contribution is 7.92. The number of nitrogens with zero attached hydrogens (tertiary/aromatic N) is 5. The lowest BCUT2D eigenvalue weighted by Crippen LogP contribution is -2.15. The van der Waals surface area contributed by atoms with Crippen molar-refractivity contribution < 1.29 is 8.42 Å². The van der Waals surface area contributed by atoms with Gasteiger partial charge in [0.15, 0.2) is 0 Å². The molecule has 0 radical (unpaired) electrons. The Kier molecular flexibility index (Phi) is 5.76. The molecule has 35 heavy (non-hydrogen) atoms. The summed E-state index contributed by atoms with van der Waals surface area (Å²) in [7, 11) is -3.83. The van der Waals surface area contributed by atoms with Crippen LogP contribution in [0.1, 0.15) is 23.6 Å². The molecule has 0 amide bonds. The number of para-hydroxylation sites is 1. The zero-order chi connectivity index (χ0) is 24.4. The van der Waals surface area contributed by atoms with Gasteiger partial charge in [0.05, 0.1) is 41.0 Å². The molecule has 0 spiro atoms. The second-order valence-electron chi connectivity index (χ2n) is 8.04. The van der Waals surface area contributed by atoms with Crippen molar-refractivity contribution in [1.82, 2.24) is 24.7 Å². The zero-order valence-electron chi connectivity index (χ0n) is 18.8. The van der Waals surface area contributed by atoms with Gasteiger partial charge in [0, 0.05) is 23.3 Å². The van der Waals surface area contributed by atoms with E-state index in [1.807, 2.05) is 31.3 Å². The first kappa shape index (κ1) is 22.3. The lowest BCUT2D eigenvalue weighted by molar-refractivity contribution is 0.531. The molecule has 3 aromatic heterocycles. The Balaban J connectivity index is 1.49. The summed E-state index contributed by atoms with van der Waals surface area (Å²) >= 11 is 0. The van der Waals surface area contributed by atoms with E-state index in [2.05, 4.69) is 30.8 Å². The van der Waals surface area contributed by atoms with Crippen molar-refractivity contribution in [1.29, 1.82) is 5.26 Å². The number of rotatable bonds is 7. The van der Waals surface area contributed by atoms with E-state index in [0.29, 0.717) is 11.3 Å². The first-order chi connectivity index (χ1) is 17.0. The summed E-state index contributed by atoms with van der Waals surface area (Å²) in [6.07, 6.45) is 6.87. The van der Waals surface area contributed by atoms with Crippen molar-refractivity contribution in [2.45, 2.75) is 24.3 Å². The van der Waals surface area contributed by atoms with Crippen molar-refractivity contribution in [3.8, 4) is 17.3 Å². The minimum Gasteiger partial charge on any atom is -0.346 e. The molecule has 9 nitrogen and oxygen atoms in total. The summed E-state index contributed by atoms with van der Waals surface area (Å²) in [4.78, 5) is 11.8. The number of aromatic amines is 1. The van der Waals surface area contributed by atoms with Crippen LogP contribution in [0.15, 0.2) is 84.4 Å². The van der Waals surface area contributed by atoms with Crippen LogP contribution in [0.5, 0.6) is 0 Å². The molecule has 0 aliphatic carbocycles. The smallest absolute Gasteiger partial charge is 0.261 e. The maximum Gasteiger partial charge on any atom is 0.261 e. The Morgan fingerprint density at radius 3 is 2.83 bits per heavy atom. The number of H-pyrrole nitrogens is 1. The number of sulfonamides is 1. The molecule has 1 atom stereocenters. The number of nitriles is 1. The third-order valence-electron chi connectivity index (χ3n) is 5.78. The molecule has 2 N–H and O–H groups in total. The Bertz CT molecular complexity index is 1660. The molecule has 5 aromatic rings. The van der Waals surface area contributed by atoms with E-state index >= 15 is 0 Å². The van der Waals surface area contributed by atoms with Crippen LogP contribution in [-0.4, -0.2) is 33.2 Å². The zero-order valence-corrected chi connectivity index (χ0v) is 19.6. The Morgan fingerprint density at radius 2 is 2.00 bits per heavy atom. The van der Waals surface area contributed by atoms with Crippen molar-refractivity contribution in [2.24, 2.45) is 0 Å². The van der Waals surface area contributed by atoms with Crippen molar-refractivity contribution in [3.63, 3.8) is 0 Å². The van der Waals surface area contributed by atoms with Gasteiger partial charge in [-0.05, 0) is 42.3 Å². The number of fused-ring (bicyclic) bond motifs is 1. The molecule has 0 bridgehead atoms. The maximum absolute atomic E-state index is 13.1. The Labute approximate surface area is 202 Å². The first-order valence-electron chi connectivity index (χ1n) is 10.8. The average molecular weight is 484 g/mol. The van der Waals surface area contributed by atoms with Gasteiger partial charge in [0.25, 0.3) is 10.0 Å². The van der Waals surface area contributed by atoms with E-state index in [-0.39, 0.29) is 11.3 Å². The van der Waals surface area contributed by atoms with Gasteiger partial charge in [0.1, 0.15) is 12.0 Å². The minimum absolute atomic E-state index is 0.110. The van der Waals surface area contributed by atoms with Crippen LogP contribution in [0.4, 0.5) is 5.69 Å². The molecular weight excluding hydrogens is 462 g/mol. The number of benzene rings is 2. The topological polar surface area (TPSA) is 129 Å².